The Hall–Kier alpha value is -1.47. The van der Waals surface area contributed by atoms with E-state index in [0.717, 1.165) is 12.8 Å². The normalized spacial score (nSPS) is 20.2. The van der Waals surface area contributed by atoms with Crippen molar-refractivity contribution in [2.75, 3.05) is 12.3 Å². The first kappa shape index (κ1) is 19.8. The number of hydrogen-bond acceptors (Lipinski definition) is 3. The molecule has 7 heteroatoms. The summed E-state index contributed by atoms with van der Waals surface area (Å²) in [5, 5.41) is 2.86. The van der Waals surface area contributed by atoms with Crippen molar-refractivity contribution < 1.29 is 17.6 Å². The van der Waals surface area contributed by atoms with Gasteiger partial charge in [0.05, 0.1) is 5.75 Å². The number of benzene rings is 1. The van der Waals surface area contributed by atoms with Gasteiger partial charge in [0.25, 0.3) is 0 Å². The standard InChI is InChI=1S/C18H27FN2O3S/c1-3-12-25(23,24)21-11-7-6-10-17(21)18(22)20-14(2)13-15-8-4-5-9-16(15)19/h4-5,8-9,14,17H,3,6-7,10-13H2,1-2H3,(H,20,22). The van der Waals surface area contributed by atoms with Gasteiger partial charge in [-0.05, 0) is 44.2 Å². The van der Waals surface area contributed by atoms with E-state index < -0.39 is 16.1 Å². The Kier molecular flexibility index (Phi) is 6.95. The van der Waals surface area contributed by atoms with Crippen LogP contribution in [-0.4, -0.2) is 43.0 Å². The fraction of sp³-hybridized carbons (Fsp3) is 0.611. The minimum atomic E-state index is -3.42. The van der Waals surface area contributed by atoms with Gasteiger partial charge >= 0.3 is 0 Å². The molecule has 1 heterocycles. The number of carbonyl (C=O) groups is 1. The van der Waals surface area contributed by atoms with E-state index in [1.165, 1.54) is 10.4 Å². The lowest BCUT2D eigenvalue weighted by molar-refractivity contribution is -0.126. The van der Waals surface area contributed by atoms with Crippen LogP contribution < -0.4 is 5.32 Å². The monoisotopic (exact) mass is 370 g/mol. The Balaban J connectivity index is 2.03. The van der Waals surface area contributed by atoms with Crippen molar-refractivity contribution in [3.63, 3.8) is 0 Å². The van der Waals surface area contributed by atoms with Gasteiger partial charge in [-0.1, -0.05) is 31.5 Å². The lowest BCUT2D eigenvalue weighted by Crippen LogP contribution is -2.54. The fourth-order valence-corrected chi connectivity index (χ4v) is 5.01. The Labute approximate surface area is 149 Å². The van der Waals surface area contributed by atoms with Crippen molar-refractivity contribution >= 4 is 15.9 Å². The van der Waals surface area contributed by atoms with Crippen molar-refractivity contribution in [1.29, 1.82) is 0 Å². The number of carbonyl (C=O) groups excluding carboxylic acids is 1. The maximum atomic E-state index is 13.7. The average Bonchev–Trinajstić information content (AvgIpc) is 2.57. The van der Waals surface area contributed by atoms with Crippen molar-refractivity contribution in [2.45, 2.75) is 58.0 Å². The van der Waals surface area contributed by atoms with Crippen LogP contribution in [0.15, 0.2) is 24.3 Å². The molecule has 0 aliphatic carbocycles. The summed E-state index contributed by atoms with van der Waals surface area (Å²) in [6, 6.07) is 5.53. The topological polar surface area (TPSA) is 66.5 Å². The highest BCUT2D eigenvalue weighted by Crippen LogP contribution is 2.22. The number of halogens is 1. The first-order chi connectivity index (χ1) is 11.8. The van der Waals surface area contributed by atoms with Crippen LogP contribution in [0.4, 0.5) is 4.39 Å². The largest absolute Gasteiger partial charge is 0.352 e. The highest BCUT2D eigenvalue weighted by atomic mass is 32.2. The van der Waals surface area contributed by atoms with Crippen LogP contribution in [-0.2, 0) is 21.2 Å². The van der Waals surface area contributed by atoms with Crippen LogP contribution in [0.25, 0.3) is 0 Å². The van der Waals surface area contributed by atoms with E-state index in [9.17, 15) is 17.6 Å². The number of nitrogens with zero attached hydrogens (tertiary/aromatic N) is 1. The predicted octanol–water partition coefficient (Wildman–Crippen LogP) is 2.47. The molecule has 0 radical (unpaired) electrons. The van der Waals surface area contributed by atoms with Crippen molar-refractivity contribution in [3.8, 4) is 0 Å². The summed E-state index contributed by atoms with van der Waals surface area (Å²) in [5.41, 5.74) is 0.536. The first-order valence-corrected chi connectivity index (χ1v) is 10.5. The molecule has 1 amide bonds. The van der Waals surface area contributed by atoms with Crippen LogP contribution in [0.2, 0.25) is 0 Å². The lowest BCUT2D eigenvalue weighted by atomic mass is 10.0. The third kappa shape index (κ3) is 5.25. The smallest absolute Gasteiger partial charge is 0.238 e. The van der Waals surface area contributed by atoms with Gasteiger partial charge < -0.3 is 5.32 Å². The highest BCUT2D eigenvalue weighted by molar-refractivity contribution is 7.89. The van der Waals surface area contributed by atoms with Crippen molar-refractivity contribution in [1.82, 2.24) is 9.62 Å². The maximum Gasteiger partial charge on any atom is 0.238 e. The number of amides is 1. The van der Waals surface area contributed by atoms with Crippen LogP contribution in [0, 0.1) is 5.82 Å². The summed E-state index contributed by atoms with van der Waals surface area (Å²) in [5.74, 6) is -0.529. The summed E-state index contributed by atoms with van der Waals surface area (Å²) in [4.78, 5) is 12.6. The molecule has 1 aliphatic rings. The van der Waals surface area contributed by atoms with Crippen LogP contribution in [0.5, 0.6) is 0 Å². The van der Waals surface area contributed by atoms with Gasteiger partial charge in [-0.15, -0.1) is 0 Å². The molecule has 1 aromatic rings. The third-order valence-corrected chi connectivity index (χ3v) is 6.52. The molecule has 1 aromatic carbocycles. The molecule has 5 nitrogen and oxygen atoms in total. The maximum absolute atomic E-state index is 13.7. The van der Waals surface area contributed by atoms with Gasteiger partial charge in [-0.2, -0.15) is 4.31 Å². The molecule has 1 aliphatic heterocycles. The van der Waals surface area contributed by atoms with Gasteiger partial charge in [-0.25, -0.2) is 12.8 Å². The minimum absolute atomic E-state index is 0.0571. The summed E-state index contributed by atoms with van der Waals surface area (Å²) in [6.07, 6.45) is 3.03. The molecule has 0 aromatic heterocycles. The zero-order chi connectivity index (χ0) is 18.4. The molecule has 2 rings (SSSR count). The fourth-order valence-electron chi connectivity index (χ4n) is 3.26. The average molecular weight is 370 g/mol. The van der Waals surface area contributed by atoms with E-state index in [4.69, 9.17) is 0 Å². The highest BCUT2D eigenvalue weighted by Gasteiger charge is 2.36. The molecule has 1 saturated heterocycles. The lowest BCUT2D eigenvalue weighted by Gasteiger charge is -2.34. The molecular weight excluding hydrogens is 343 g/mol. The van der Waals surface area contributed by atoms with Gasteiger partial charge in [0.15, 0.2) is 0 Å². The summed E-state index contributed by atoms with van der Waals surface area (Å²) < 4.78 is 39.9. The van der Waals surface area contributed by atoms with Gasteiger partial charge in [0.1, 0.15) is 11.9 Å². The Morgan fingerprint density at radius 1 is 1.36 bits per heavy atom. The van der Waals surface area contributed by atoms with E-state index >= 15 is 0 Å². The quantitative estimate of drug-likeness (QED) is 0.802. The summed E-state index contributed by atoms with van der Waals surface area (Å²) in [6.45, 7) is 4.01. The Morgan fingerprint density at radius 2 is 2.08 bits per heavy atom. The van der Waals surface area contributed by atoms with E-state index in [-0.39, 0.29) is 23.5 Å². The molecule has 2 unspecified atom stereocenters. The number of nitrogens with one attached hydrogen (secondary N) is 1. The van der Waals surface area contributed by atoms with Crippen LogP contribution in [0.1, 0.15) is 45.1 Å². The second kappa shape index (κ2) is 8.76. The molecule has 25 heavy (non-hydrogen) atoms. The SMILES string of the molecule is CCCS(=O)(=O)N1CCCCC1C(=O)NC(C)Cc1ccccc1F. The predicted molar refractivity (Wildman–Crippen MR) is 96.1 cm³/mol. The molecule has 1 fully saturated rings. The molecular formula is C18H27FN2O3S. The minimum Gasteiger partial charge on any atom is -0.352 e. The number of sulfonamides is 1. The molecule has 0 bridgehead atoms. The van der Waals surface area contributed by atoms with Gasteiger partial charge in [0, 0.05) is 12.6 Å². The molecule has 0 saturated carbocycles. The third-order valence-electron chi connectivity index (χ3n) is 4.45. The van der Waals surface area contributed by atoms with E-state index in [0.29, 0.717) is 31.4 Å². The Bertz CT molecular complexity index is 693. The van der Waals surface area contributed by atoms with Gasteiger partial charge in [0.2, 0.25) is 15.9 Å². The zero-order valence-corrected chi connectivity index (χ0v) is 15.7. The molecule has 0 spiro atoms. The molecule has 140 valence electrons. The van der Waals surface area contributed by atoms with E-state index in [1.54, 1.807) is 25.1 Å². The van der Waals surface area contributed by atoms with Crippen molar-refractivity contribution in [2.24, 2.45) is 0 Å². The summed E-state index contributed by atoms with van der Waals surface area (Å²) in [7, 11) is -3.42. The zero-order valence-electron chi connectivity index (χ0n) is 14.9. The van der Waals surface area contributed by atoms with E-state index in [2.05, 4.69) is 5.32 Å². The number of hydrogen-bond donors (Lipinski definition) is 1. The molecule has 1 N–H and O–H groups in total. The van der Waals surface area contributed by atoms with Crippen LogP contribution in [0.3, 0.4) is 0 Å². The number of rotatable bonds is 7. The molecule has 2 atom stereocenters. The van der Waals surface area contributed by atoms with Crippen LogP contribution >= 0.6 is 0 Å². The summed E-state index contributed by atoms with van der Waals surface area (Å²) >= 11 is 0. The Morgan fingerprint density at radius 3 is 2.76 bits per heavy atom. The second-order valence-corrected chi connectivity index (χ2v) is 8.68. The van der Waals surface area contributed by atoms with Gasteiger partial charge in [-0.3, -0.25) is 4.79 Å². The van der Waals surface area contributed by atoms with E-state index in [1.807, 2.05) is 6.92 Å². The second-order valence-electron chi connectivity index (χ2n) is 6.64. The number of piperidine rings is 1. The van der Waals surface area contributed by atoms with Crippen molar-refractivity contribution in [3.05, 3.63) is 35.6 Å². The first-order valence-electron chi connectivity index (χ1n) is 8.88.